The number of hydrazine groups is 1. The van der Waals surface area contributed by atoms with Crippen LogP contribution < -0.4 is 10.9 Å². The van der Waals surface area contributed by atoms with Crippen LogP contribution in [-0.2, 0) is 4.79 Å². The first-order chi connectivity index (χ1) is 9.75. The van der Waals surface area contributed by atoms with E-state index in [1.807, 2.05) is 18.2 Å². The molecule has 2 unspecified atom stereocenters. The molecular formula is C16H16N2O2. The van der Waals surface area contributed by atoms with Crippen molar-refractivity contribution in [3.05, 3.63) is 66.6 Å². The van der Waals surface area contributed by atoms with Crippen LogP contribution in [0.15, 0.2) is 59.7 Å². The van der Waals surface area contributed by atoms with Gasteiger partial charge in [0.25, 0.3) is 0 Å². The number of carbonyl (C=O) groups excluding carboxylic acids is 1. The van der Waals surface area contributed by atoms with E-state index in [1.165, 1.54) is 5.56 Å². The fourth-order valence-electron chi connectivity index (χ4n) is 2.30. The van der Waals surface area contributed by atoms with Crippen LogP contribution in [0.5, 0.6) is 0 Å². The van der Waals surface area contributed by atoms with E-state index in [1.54, 1.807) is 18.4 Å². The zero-order valence-electron chi connectivity index (χ0n) is 11.0. The summed E-state index contributed by atoms with van der Waals surface area (Å²) in [6.45, 7) is 3.81. The van der Waals surface area contributed by atoms with Gasteiger partial charge in [0.2, 0.25) is 5.91 Å². The monoisotopic (exact) mass is 268 g/mol. The van der Waals surface area contributed by atoms with E-state index in [0.29, 0.717) is 17.4 Å². The first-order valence-electron chi connectivity index (χ1n) is 6.59. The molecule has 0 aliphatic heterocycles. The number of rotatable bonds is 5. The van der Waals surface area contributed by atoms with Crippen LogP contribution in [0.1, 0.15) is 23.7 Å². The highest BCUT2D eigenvalue weighted by Gasteiger charge is 2.43. The summed E-state index contributed by atoms with van der Waals surface area (Å²) in [6, 6.07) is 13.7. The maximum atomic E-state index is 12.0. The second-order valence-electron chi connectivity index (χ2n) is 4.93. The van der Waals surface area contributed by atoms with Gasteiger partial charge in [-0.2, -0.15) is 0 Å². The van der Waals surface area contributed by atoms with E-state index in [-0.39, 0.29) is 11.8 Å². The van der Waals surface area contributed by atoms with Gasteiger partial charge < -0.3 is 4.42 Å². The van der Waals surface area contributed by atoms with Gasteiger partial charge in [-0.3, -0.25) is 15.6 Å². The quantitative estimate of drug-likeness (QED) is 0.820. The van der Waals surface area contributed by atoms with Gasteiger partial charge in [0.1, 0.15) is 0 Å². The minimum atomic E-state index is -0.00782. The third kappa shape index (κ3) is 2.59. The number of amides is 1. The Kier molecular flexibility index (Phi) is 3.29. The average Bonchev–Trinajstić information content (AvgIpc) is 3.10. The molecule has 1 aliphatic rings. The minimum absolute atomic E-state index is 0.00782. The van der Waals surface area contributed by atoms with Crippen LogP contribution in [0.2, 0.25) is 0 Å². The third-order valence-corrected chi connectivity index (χ3v) is 3.51. The van der Waals surface area contributed by atoms with Crippen LogP contribution >= 0.6 is 0 Å². The summed E-state index contributed by atoms with van der Waals surface area (Å²) in [5.41, 5.74) is 7.24. The van der Waals surface area contributed by atoms with Crippen LogP contribution in [0.4, 0.5) is 0 Å². The van der Waals surface area contributed by atoms with E-state index in [4.69, 9.17) is 4.42 Å². The molecule has 102 valence electrons. The second-order valence-corrected chi connectivity index (χ2v) is 4.93. The predicted octanol–water partition coefficient (Wildman–Crippen LogP) is 2.67. The molecule has 1 fully saturated rings. The molecule has 1 heterocycles. The lowest BCUT2D eigenvalue weighted by atomic mass is 10.1. The van der Waals surface area contributed by atoms with Gasteiger partial charge in [-0.15, -0.1) is 0 Å². The Morgan fingerprint density at radius 2 is 1.95 bits per heavy atom. The Labute approximate surface area is 117 Å². The summed E-state index contributed by atoms with van der Waals surface area (Å²) in [4.78, 5) is 12.0. The van der Waals surface area contributed by atoms with Gasteiger partial charge in [0.15, 0.2) is 5.76 Å². The summed E-state index contributed by atoms with van der Waals surface area (Å²) >= 11 is 0. The minimum Gasteiger partial charge on any atom is -0.463 e. The molecule has 0 bridgehead atoms. The molecule has 0 spiro atoms. The van der Waals surface area contributed by atoms with Crippen LogP contribution in [0.3, 0.4) is 0 Å². The second kappa shape index (κ2) is 5.25. The number of nitrogens with one attached hydrogen (secondary N) is 2. The zero-order chi connectivity index (χ0) is 13.9. The predicted molar refractivity (Wildman–Crippen MR) is 76.3 cm³/mol. The van der Waals surface area contributed by atoms with E-state index in [9.17, 15) is 4.79 Å². The third-order valence-electron chi connectivity index (χ3n) is 3.51. The van der Waals surface area contributed by atoms with Gasteiger partial charge in [0, 0.05) is 5.92 Å². The highest BCUT2D eigenvalue weighted by molar-refractivity contribution is 5.83. The maximum Gasteiger partial charge on any atom is 0.242 e. The Hall–Kier alpha value is -2.49. The largest absolute Gasteiger partial charge is 0.463 e. The molecule has 1 aliphatic carbocycles. The molecule has 2 aromatic rings. The topological polar surface area (TPSA) is 54.3 Å². The first-order valence-corrected chi connectivity index (χ1v) is 6.59. The summed E-state index contributed by atoms with van der Waals surface area (Å²) in [5.74, 6) is 0.969. The van der Waals surface area contributed by atoms with Crippen LogP contribution in [0.25, 0.3) is 5.70 Å². The van der Waals surface area contributed by atoms with Crippen molar-refractivity contribution in [1.29, 1.82) is 0 Å². The zero-order valence-corrected chi connectivity index (χ0v) is 11.0. The summed E-state index contributed by atoms with van der Waals surface area (Å²) in [6.07, 6.45) is 2.46. The lowest BCUT2D eigenvalue weighted by Gasteiger charge is -2.09. The maximum absolute atomic E-state index is 12.0. The smallest absolute Gasteiger partial charge is 0.242 e. The van der Waals surface area contributed by atoms with Crippen molar-refractivity contribution in [1.82, 2.24) is 10.9 Å². The van der Waals surface area contributed by atoms with Crippen molar-refractivity contribution in [2.24, 2.45) is 5.92 Å². The number of carbonyl (C=O) groups is 1. The van der Waals surface area contributed by atoms with Crippen LogP contribution in [-0.4, -0.2) is 5.91 Å². The fraction of sp³-hybridized carbons (Fsp3) is 0.188. The fourth-order valence-corrected chi connectivity index (χ4v) is 2.30. The highest BCUT2D eigenvalue weighted by Crippen LogP contribution is 2.47. The van der Waals surface area contributed by atoms with Gasteiger partial charge in [-0.25, -0.2) is 0 Å². The van der Waals surface area contributed by atoms with E-state index in [0.717, 1.165) is 6.42 Å². The molecule has 4 nitrogen and oxygen atoms in total. The molecule has 1 aromatic carbocycles. The van der Waals surface area contributed by atoms with E-state index in [2.05, 4.69) is 29.6 Å². The molecule has 2 N–H and O–H groups in total. The van der Waals surface area contributed by atoms with Gasteiger partial charge in [-0.05, 0) is 30.0 Å². The lowest BCUT2D eigenvalue weighted by molar-refractivity contribution is -0.123. The Bertz CT molecular complexity index is 605. The molecule has 1 aromatic heterocycles. The molecule has 3 rings (SSSR count). The van der Waals surface area contributed by atoms with Gasteiger partial charge in [0.05, 0.1) is 12.0 Å². The van der Waals surface area contributed by atoms with Crippen molar-refractivity contribution in [2.75, 3.05) is 0 Å². The standard InChI is InChI=1S/C16H16N2O2/c1-11(15-8-5-9-20-15)17-18-16(19)14-10-13(14)12-6-3-2-4-7-12/h2-9,13-14,17H,1,10H2,(H,18,19). The van der Waals surface area contributed by atoms with Gasteiger partial charge >= 0.3 is 0 Å². The molecule has 1 amide bonds. The van der Waals surface area contributed by atoms with Crippen LogP contribution in [0, 0.1) is 5.92 Å². The Balaban J connectivity index is 1.51. The molecule has 2 atom stereocenters. The number of hydrogen-bond acceptors (Lipinski definition) is 3. The highest BCUT2D eigenvalue weighted by atomic mass is 16.3. The molecule has 1 saturated carbocycles. The first kappa shape index (κ1) is 12.5. The Morgan fingerprint density at radius 3 is 2.65 bits per heavy atom. The molecule has 0 saturated heterocycles. The summed E-state index contributed by atoms with van der Waals surface area (Å²) in [5, 5.41) is 0. The summed E-state index contributed by atoms with van der Waals surface area (Å²) in [7, 11) is 0. The number of furan rings is 1. The van der Waals surface area contributed by atoms with E-state index < -0.39 is 0 Å². The van der Waals surface area contributed by atoms with Gasteiger partial charge in [-0.1, -0.05) is 36.9 Å². The SMILES string of the molecule is C=C(NNC(=O)C1CC1c1ccccc1)c1ccco1. The Morgan fingerprint density at radius 1 is 1.15 bits per heavy atom. The van der Waals surface area contributed by atoms with E-state index >= 15 is 0 Å². The summed E-state index contributed by atoms with van der Waals surface area (Å²) < 4.78 is 5.18. The van der Waals surface area contributed by atoms with Crippen molar-refractivity contribution < 1.29 is 9.21 Å². The number of benzene rings is 1. The van der Waals surface area contributed by atoms with Crippen molar-refractivity contribution in [2.45, 2.75) is 12.3 Å². The van der Waals surface area contributed by atoms with Crippen molar-refractivity contribution in [3.63, 3.8) is 0 Å². The molecular weight excluding hydrogens is 252 g/mol. The molecule has 20 heavy (non-hydrogen) atoms. The molecule has 4 heteroatoms. The lowest BCUT2D eigenvalue weighted by Crippen LogP contribution is -2.37. The molecule has 0 radical (unpaired) electrons. The van der Waals surface area contributed by atoms with Crippen molar-refractivity contribution in [3.8, 4) is 0 Å². The average molecular weight is 268 g/mol. The normalized spacial score (nSPS) is 20.2. The van der Waals surface area contributed by atoms with Crippen molar-refractivity contribution >= 4 is 11.6 Å². The number of hydrogen-bond donors (Lipinski definition) is 2.